The number of thioether (sulfide) groups is 1. The van der Waals surface area contributed by atoms with Gasteiger partial charge in [0.15, 0.2) is 5.12 Å². The Morgan fingerprint density at radius 1 is 1.56 bits per heavy atom. The molecule has 1 aromatic rings. The second kappa shape index (κ2) is 6.09. The number of nitrogens with two attached hydrogens (primary N) is 1. The van der Waals surface area contributed by atoms with Crippen LogP contribution in [0, 0.1) is 11.8 Å². The lowest BCUT2D eigenvalue weighted by Crippen LogP contribution is -1.86. The molecule has 0 aliphatic carbocycles. The molecule has 0 unspecified atom stereocenters. The largest absolute Gasteiger partial charge is 0.507 e. The maximum absolute atomic E-state index is 10.6. The summed E-state index contributed by atoms with van der Waals surface area (Å²) in [5.74, 6) is 6.51. The average Bonchev–Trinajstić information content (AvgIpc) is 2.22. The zero-order valence-electron chi connectivity index (χ0n) is 8.99. The second-order valence-electron chi connectivity index (χ2n) is 3.17. The number of anilines is 1. The Hall–Kier alpha value is -1.60. The Morgan fingerprint density at radius 3 is 3.00 bits per heavy atom. The van der Waals surface area contributed by atoms with Crippen LogP contribution >= 0.6 is 11.8 Å². The number of benzene rings is 1. The van der Waals surface area contributed by atoms with E-state index in [1.54, 1.807) is 12.1 Å². The van der Waals surface area contributed by atoms with Gasteiger partial charge in [-0.3, -0.25) is 4.79 Å². The Kier molecular flexibility index (Phi) is 4.74. The second-order valence-corrected chi connectivity index (χ2v) is 4.44. The van der Waals surface area contributed by atoms with E-state index in [-0.39, 0.29) is 10.9 Å². The highest BCUT2D eigenvalue weighted by molar-refractivity contribution is 8.13. The van der Waals surface area contributed by atoms with Crippen LogP contribution in [0.3, 0.4) is 0 Å². The maximum Gasteiger partial charge on any atom is 0.185 e. The van der Waals surface area contributed by atoms with Crippen LogP contribution in [0.1, 0.15) is 18.9 Å². The van der Waals surface area contributed by atoms with Crippen LogP contribution in [0.4, 0.5) is 5.69 Å². The standard InChI is InChI=1S/C12H13NO2S/c1-9(14)16-7-3-2-4-10-8-11(13)5-6-12(10)15/h5-6,8,15H,3,7,13H2,1H3. The van der Waals surface area contributed by atoms with Gasteiger partial charge in [-0.2, -0.15) is 0 Å². The van der Waals surface area contributed by atoms with Gasteiger partial charge in [-0.05, 0) is 18.2 Å². The third-order valence-electron chi connectivity index (χ3n) is 1.78. The summed E-state index contributed by atoms with van der Waals surface area (Å²) in [6.07, 6.45) is 0.610. The molecule has 0 fully saturated rings. The molecule has 4 heteroatoms. The number of nitrogen functional groups attached to an aromatic ring is 1. The van der Waals surface area contributed by atoms with Gasteiger partial charge >= 0.3 is 0 Å². The molecule has 1 rings (SSSR count). The molecule has 0 radical (unpaired) electrons. The summed E-state index contributed by atoms with van der Waals surface area (Å²) in [6.45, 7) is 1.53. The van der Waals surface area contributed by atoms with Crippen LogP contribution in [-0.4, -0.2) is 16.0 Å². The van der Waals surface area contributed by atoms with Crippen molar-refractivity contribution in [2.45, 2.75) is 13.3 Å². The van der Waals surface area contributed by atoms with E-state index < -0.39 is 0 Å². The van der Waals surface area contributed by atoms with Crippen molar-refractivity contribution in [2.75, 3.05) is 11.5 Å². The number of phenolic OH excluding ortho intramolecular Hbond substituents is 1. The van der Waals surface area contributed by atoms with E-state index in [0.29, 0.717) is 23.4 Å². The predicted octanol–water partition coefficient (Wildman–Crippen LogP) is 2.00. The van der Waals surface area contributed by atoms with E-state index in [2.05, 4.69) is 11.8 Å². The van der Waals surface area contributed by atoms with Crippen LogP contribution < -0.4 is 5.73 Å². The molecule has 1 aromatic carbocycles. The molecule has 0 bridgehead atoms. The molecular formula is C12H13NO2S. The van der Waals surface area contributed by atoms with E-state index in [0.717, 1.165) is 0 Å². The van der Waals surface area contributed by atoms with E-state index >= 15 is 0 Å². The lowest BCUT2D eigenvalue weighted by atomic mass is 10.2. The normalized spacial score (nSPS) is 9.31. The average molecular weight is 235 g/mol. The van der Waals surface area contributed by atoms with Crippen molar-refractivity contribution in [3.8, 4) is 17.6 Å². The van der Waals surface area contributed by atoms with Crippen molar-refractivity contribution in [1.82, 2.24) is 0 Å². The van der Waals surface area contributed by atoms with Gasteiger partial charge in [0.2, 0.25) is 0 Å². The van der Waals surface area contributed by atoms with Gasteiger partial charge < -0.3 is 10.8 Å². The molecule has 0 atom stereocenters. The van der Waals surface area contributed by atoms with Gasteiger partial charge in [0, 0.05) is 24.8 Å². The van der Waals surface area contributed by atoms with E-state index in [4.69, 9.17) is 5.73 Å². The summed E-state index contributed by atoms with van der Waals surface area (Å²) in [6, 6.07) is 4.76. The minimum Gasteiger partial charge on any atom is -0.507 e. The summed E-state index contributed by atoms with van der Waals surface area (Å²) in [5, 5.41) is 9.55. The first-order chi connectivity index (χ1) is 7.59. The lowest BCUT2D eigenvalue weighted by Gasteiger charge is -1.97. The van der Waals surface area contributed by atoms with Crippen LogP contribution in [0.25, 0.3) is 0 Å². The third kappa shape index (κ3) is 4.28. The maximum atomic E-state index is 10.6. The van der Waals surface area contributed by atoms with Crippen molar-refractivity contribution in [1.29, 1.82) is 0 Å². The van der Waals surface area contributed by atoms with Crippen molar-refractivity contribution in [3.05, 3.63) is 23.8 Å². The molecular weight excluding hydrogens is 222 g/mol. The molecule has 0 saturated carbocycles. The summed E-state index contributed by atoms with van der Waals surface area (Å²) in [4.78, 5) is 10.6. The first kappa shape index (κ1) is 12.5. The molecule has 0 spiro atoms. The van der Waals surface area contributed by atoms with E-state index in [9.17, 15) is 9.90 Å². The quantitative estimate of drug-likeness (QED) is 0.356. The minimum atomic E-state index is 0.0913. The molecule has 0 heterocycles. The Morgan fingerprint density at radius 2 is 2.31 bits per heavy atom. The topological polar surface area (TPSA) is 63.3 Å². The van der Waals surface area contributed by atoms with Gasteiger partial charge in [0.25, 0.3) is 0 Å². The van der Waals surface area contributed by atoms with Crippen molar-refractivity contribution in [2.24, 2.45) is 0 Å². The van der Waals surface area contributed by atoms with Crippen LogP contribution in [0.2, 0.25) is 0 Å². The number of carbonyl (C=O) groups is 1. The van der Waals surface area contributed by atoms with Gasteiger partial charge in [-0.25, -0.2) is 0 Å². The fraction of sp³-hybridized carbons (Fsp3) is 0.250. The summed E-state index contributed by atoms with van der Waals surface area (Å²) < 4.78 is 0. The van der Waals surface area contributed by atoms with Crippen molar-refractivity contribution in [3.63, 3.8) is 0 Å². The van der Waals surface area contributed by atoms with Crippen LogP contribution in [0.15, 0.2) is 18.2 Å². The molecule has 0 aromatic heterocycles. The van der Waals surface area contributed by atoms with E-state index in [1.165, 1.54) is 24.8 Å². The highest BCUT2D eigenvalue weighted by atomic mass is 32.2. The Labute approximate surface area is 99.0 Å². The Balaban J connectivity index is 2.56. The SMILES string of the molecule is CC(=O)SCCC#Cc1cc(N)ccc1O. The number of carbonyl (C=O) groups excluding carboxylic acids is 1. The van der Waals surface area contributed by atoms with E-state index in [1.807, 2.05) is 0 Å². The predicted molar refractivity (Wildman–Crippen MR) is 67.2 cm³/mol. The first-order valence-electron chi connectivity index (χ1n) is 4.80. The zero-order valence-corrected chi connectivity index (χ0v) is 9.80. The van der Waals surface area contributed by atoms with Gasteiger partial charge in [-0.15, -0.1) is 0 Å². The molecule has 84 valence electrons. The number of aromatic hydroxyl groups is 1. The number of hydrogen-bond acceptors (Lipinski definition) is 4. The summed E-state index contributed by atoms with van der Waals surface area (Å²) >= 11 is 1.25. The fourth-order valence-electron chi connectivity index (χ4n) is 1.06. The fourth-order valence-corrected chi connectivity index (χ4v) is 1.55. The molecule has 0 aliphatic heterocycles. The van der Waals surface area contributed by atoms with Crippen molar-refractivity contribution < 1.29 is 9.90 Å². The third-order valence-corrected chi connectivity index (χ3v) is 2.59. The highest BCUT2D eigenvalue weighted by Gasteiger charge is 1.97. The number of phenols is 1. The van der Waals surface area contributed by atoms with Gasteiger partial charge in [0.05, 0.1) is 5.56 Å². The minimum absolute atomic E-state index is 0.0913. The molecule has 0 amide bonds. The summed E-state index contributed by atoms with van der Waals surface area (Å²) in [7, 11) is 0. The van der Waals surface area contributed by atoms with Crippen LogP contribution in [0.5, 0.6) is 5.75 Å². The first-order valence-corrected chi connectivity index (χ1v) is 5.79. The molecule has 16 heavy (non-hydrogen) atoms. The number of hydrogen-bond donors (Lipinski definition) is 2. The molecule has 3 nitrogen and oxygen atoms in total. The molecule has 0 aliphatic rings. The number of rotatable bonds is 2. The van der Waals surface area contributed by atoms with Crippen LogP contribution in [-0.2, 0) is 4.79 Å². The lowest BCUT2D eigenvalue weighted by molar-refractivity contribution is -0.109. The zero-order chi connectivity index (χ0) is 12.0. The monoisotopic (exact) mass is 235 g/mol. The summed E-state index contributed by atoms with van der Waals surface area (Å²) in [5.41, 5.74) is 6.66. The highest BCUT2D eigenvalue weighted by Crippen LogP contribution is 2.18. The van der Waals surface area contributed by atoms with Gasteiger partial charge in [0.1, 0.15) is 5.75 Å². The van der Waals surface area contributed by atoms with Crippen molar-refractivity contribution >= 4 is 22.6 Å². The molecule has 0 saturated heterocycles. The molecule has 3 N–H and O–H groups in total. The van der Waals surface area contributed by atoms with Gasteiger partial charge in [-0.1, -0.05) is 23.6 Å². The smallest absolute Gasteiger partial charge is 0.185 e. The Bertz CT molecular complexity index is 446.